The van der Waals surface area contributed by atoms with E-state index in [1.54, 1.807) is 6.92 Å². The van der Waals surface area contributed by atoms with E-state index in [1.165, 1.54) is 4.31 Å². The molecule has 0 aliphatic carbocycles. The molecule has 17 heavy (non-hydrogen) atoms. The summed E-state index contributed by atoms with van der Waals surface area (Å²) in [6, 6.07) is 0. The second kappa shape index (κ2) is 4.51. The van der Waals surface area contributed by atoms with Crippen LogP contribution in [0.15, 0.2) is 4.79 Å². The predicted octanol–water partition coefficient (Wildman–Crippen LogP) is 0.216. The van der Waals surface area contributed by atoms with E-state index >= 15 is 0 Å². The molecule has 0 amide bonds. The molecule has 6 nitrogen and oxygen atoms in total. The third kappa shape index (κ3) is 2.43. The summed E-state index contributed by atoms with van der Waals surface area (Å²) in [6.07, 6.45) is 0. The van der Waals surface area contributed by atoms with Crippen molar-refractivity contribution < 1.29 is 8.42 Å². The van der Waals surface area contributed by atoms with Crippen molar-refractivity contribution in [3.05, 3.63) is 14.7 Å². The molecule has 0 bridgehead atoms. The van der Waals surface area contributed by atoms with Gasteiger partial charge in [-0.2, -0.15) is 5.10 Å². The normalized spacial score (nSPS) is 26.5. The van der Waals surface area contributed by atoms with Crippen LogP contribution in [-0.4, -0.2) is 41.8 Å². The third-order valence-electron chi connectivity index (χ3n) is 3.11. The SMILES string of the molecule is CCS(=O)(=O)N1C[C@@H](C)[C@@H](c2n[nH]c(=O)s2)C1. The molecule has 2 rings (SSSR count). The van der Waals surface area contributed by atoms with E-state index in [2.05, 4.69) is 10.2 Å². The van der Waals surface area contributed by atoms with Crippen LogP contribution < -0.4 is 4.87 Å². The van der Waals surface area contributed by atoms with E-state index in [1.807, 2.05) is 6.92 Å². The molecule has 2 atom stereocenters. The molecule has 2 heterocycles. The average molecular weight is 277 g/mol. The summed E-state index contributed by atoms with van der Waals surface area (Å²) < 4.78 is 25.0. The van der Waals surface area contributed by atoms with Crippen LogP contribution in [0.2, 0.25) is 0 Å². The van der Waals surface area contributed by atoms with Gasteiger partial charge in [-0.05, 0) is 12.8 Å². The van der Waals surface area contributed by atoms with E-state index in [-0.39, 0.29) is 22.5 Å². The standard InChI is InChI=1S/C9H15N3O3S2/c1-3-17(14,15)12-4-6(2)7(5-12)8-10-11-9(13)16-8/h6-7H,3-5H2,1-2H3,(H,11,13)/t6-,7+/m1/s1. The molecular weight excluding hydrogens is 262 g/mol. The van der Waals surface area contributed by atoms with Crippen molar-refractivity contribution in [2.45, 2.75) is 19.8 Å². The second-order valence-corrected chi connectivity index (χ2v) is 7.50. The monoisotopic (exact) mass is 277 g/mol. The van der Waals surface area contributed by atoms with Crippen molar-refractivity contribution in [2.24, 2.45) is 5.92 Å². The molecule has 1 aromatic heterocycles. The zero-order chi connectivity index (χ0) is 12.6. The number of hydrogen-bond donors (Lipinski definition) is 1. The highest BCUT2D eigenvalue weighted by Gasteiger charge is 2.37. The maximum absolute atomic E-state index is 11.8. The summed E-state index contributed by atoms with van der Waals surface area (Å²) in [6.45, 7) is 4.56. The van der Waals surface area contributed by atoms with Crippen LogP contribution in [0.25, 0.3) is 0 Å². The Morgan fingerprint density at radius 2 is 2.24 bits per heavy atom. The largest absolute Gasteiger partial charge is 0.322 e. The van der Waals surface area contributed by atoms with Crippen LogP contribution in [0, 0.1) is 5.92 Å². The minimum atomic E-state index is -3.14. The summed E-state index contributed by atoms with van der Waals surface area (Å²) in [5.41, 5.74) is 0. The number of aromatic amines is 1. The smallest absolute Gasteiger partial charge is 0.255 e. The lowest BCUT2D eigenvalue weighted by molar-refractivity contribution is 0.465. The minimum Gasteiger partial charge on any atom is -0.255 e. The molecule has 1 saturated heterocycles. The third-order valence-corrected chi connectivity index (χ3v) is 5.80. The first-order chi connectivity index (χ1) is 7.94. The van der Waals surface area contributed by atoms with Crippen molar-refractivity contribution in [3.8, 4) is 0 Å². The Hall–Kier alpha value is -0.730. The Bertz CT molecular complexity index is 548. The van der Waals surface area contributed by atoms with Crippen molar-refractivity contribution >= 4 is 21.4 Å². The number of nitrogens with zero attached hydrogens (tertiary/aromatic N) is 2. The first kappa shape index (κ1) is 12.7. The predicted molar refractivity (Wildman–Crippen MR) is 65.7 cm³/mol. The molecule has 0 radical (unpaired) electrons. The van der Waals surface area contributed by atoms with Gasteiger partial charge in [0, 0.05) is 19.0 Å². The number of aromatic nitrogens is 2. The molecule has 0 spiro atoms. The van der Waals surface area contributed by atoms with Crippen LogP contribution in [0.5, 0.6) is 0 Å². The van der Waals surface area contributed by atoms with Gasteiger partial charge in [0.1, 0.15) is 5.01 Å². The summed E-state index contributed by atoms with van der Waals surface area (Å²) in [5, 5.41) is 7.03. The van der Waals surface area contributed by atoms with Crippen LogP contribution in [0.1, 0.15) is 24.8 Å². The zero-order valence-electron chi connectivity index (χ0n) is 9.71. The molecule has 1 aliphatic rings. The number of hydrogen-bond acceptors (Lipinski definition) is 5. The fourth-order valence-corrected chi connectivity index (χ4v) is 4.10. The highest BCUT2D eigenvalue weighted by molar-refractivity contribution is 7.89. The lowest BCUT2D eigenvalue weighted by Gasteiger charge is -2.14. The van der Waals surface area contributed by atoms with Crippen LogP contribution in [0.4, 0.5) is 0 Å². The number of sulfonamides is 1. The van der Waals surface area contributed by atoms with Gasteiger partial charge in [-0.15, -0.1) is 0 Å². The Balaban J connectivity index is 2.21. The van der Waals surface area contributed by atoms with Crippen LogP contribution in [0.3, 0.4) is 0 Å². The molecule has 0 saturated carbocycles. The van der Waals surface area contributed by atoms with Gasteiger partial charge in [0.25, 0.3) is 0 Å². The zero-order valence-corrected chi connectivity index (χ0v) is 11.3. The van der Waals surface area contributed by atoms with Gasteiger partial charge >= 0.3 is 4.87 Å². The summed E-state index contributed by atoms with van der Waals surface area (Å²) in [7, 11) is -3.14. The minimum absolute atomic E-state index is 0.0280. The second-order valence-electron chi connectivity index (χ2n) is 4.25. The van der Waals surface area contributed by atoms with Crippen LogP contribution >= 0.6 is 11.3 Å². The Morgan fingerprint density at radius 3 is 2.76 bits per heavy atom. The highest BCUT2D eigenvalue weighted by Crippen LogP contribution is 2.33. The Kier molecular flexibility index (Phi) is 3.37. The number of rotatable bonds is 3. The van der Waals surface area contributed by atoms with E-state index < -0.39 is 10.0 Å². The fourth-order valence-electron chi connectivity index (χ4n) is 2.05. The summed E-state index contributed by atoms with van der Waals surface area (Å²) >= 11 is 1.07. The summed E-state index contributed by atoms with van der Waals surface area (Å²) in [4.78, 5) is 10.9. The van der Waals surface area contributed by atoms with Gasteiger partial charge in [-0.1, -0.05) is 18.3 Å². The highest BCUT2D eigenvalue weighted by atomic mass is 32.2. The molecule has 1 N–H and O–H groups in total. The Labute approximate surface area is 104 Å². The molecule has 0 unspecified atom stereocenters. The number of H-pyrrole nitrogens is 1. The first-order valence-corrected chi connectivity index (χ1v) is 7.90. The quantitative estimate of drug-likeness (QED) is 0.856. The summed E-state index contributed by atoms with van der Waals surface area (Å²) in [5.74, 6) is 0.332. The Morgan fingerprint density at radius 1 is 1.53 bits per heavy atom. The maximum atomic E-state index is 11.8. The van der Waals surface area contributed by atoms with E-state index in [4.69, 9.17) is 0 Å². The van der Waals surface area contributed by atoms with Crippen molar-refractivity contribution in [1.82, 2.24) is 14.5 Å². The van der Waals surface area contributed by atoms with Crippen molar-refractivity contribution in [1.29, 1.82) is 0 Å². The molecular formula is C9H15N3O3S2. The lowest BCUT2D eigenvalue weighted by Crippen LogP contribution is -2.30. The average Bonchev–Trinajstić information content (AvgIpc) is 2.85. The fraction of sp³-hybridized carbons (Fsp3) is 0.778. The van der Waals surface area contributed by atoms with Crippen molar-refractivity contribution in [3.63, 3.8) is 0 Å². The van der Waals surface area contributed by atoms with E-state index in [9.17, 15) is 13.2 Å². The van der Waals surface area contributed by atoms with Crippen LogP contribution in [-0.2, 0) is 10.0 Å². The molecule has 96 valence electrons. The van der Waals surface area contributed by atoms with Gasteiger partial charge in [-0.3, -0.25) is 4.79 Å². The lowest BCUT2D eigenvalue weighted by atomic mass is 9.99. The molecule has 8 heteroatoms. The van der Waals surface area contributed by atoms with Gasteiger partial charge in [0.05, 0.1) is 5.75 Å². The maximum Gasteiger partial charge on any atom is 0.322 e. The van der Waals surface area contributed by atoms with Gasteiger partial charge in [0.15, 0.2) is 0 Å². The first-order valence-electron chi connectivity index (χ1n) is 5.47. The van der Waals surface area contributed by atoms with E-state index in [0.717, 1.165) is 11.3 Å². The number of nitrogens with one attached hydrogen (secondary N) is 1. The molecule has 0 aromatic carbocycles. The topological polar surface area (TPSA) is 83.1 Å². The molecule has 1 aliphatic heterocycles. The van der Waals surface area contributed by atoms with Gasteiger partial charge in [0.2, 0.25) is 10.0 Å². The molecule has 1 fully saturated rings. The van der Waals surface area contributed by atoms with Crippen molar-refractivity contribution in [2.75, 3.05) is 18.8 Å². The van der Waals surface area contributed by atoms with Gasteiger partial charge < -0.3 is 0 Å². The van der Waals surface area contributed by atoms with Gasteiger partial charge in [-0.25, -0.2) is 17.8 Å². The van der Waals surface area contributed by atoms with E-state index in [0.29, 0.717) is 18.1 Å². The molecule has 1 aromatic rings.